The van der Waals surface area contributed by atoms with Gasteiger partial charge >= 0.3 is 6.03 Å². The van der Waals surface area contributed by atoms with Gasteiger partial charge in [-0.15, -0.1) is 0 Å². The van der Waals surface area contributed by atoms with Crippen molar-refractivity contribution in [3.63, 3.8) is 0 Å². The highest BCUT2D eigenvalue weighted by Crippen LogP contribution is 2.35. The zero-order valence-corrected chi connectivity index (χ0v) is 19.0. The molecule has 3 aliphatic heterocycles. The predicted octanol–water partition coefficient (Wildman–Crippen LogP) is 2.97. The van der Waals surface area contributed by atoms with Crippen LogP contribution < -0.4 is 20.9 Å². The minimum absolute atomic E-state index is 0.00860. The van der Waals surface area contributed by atoms with E-state index in [4.69, 9.17) is 16.3 Å². The molecule has 3 atom stereocenters. The first-order valence-electron chi connectivity index (χ1n) is 10.7. The number of hydrazine groups is 2. The van der Waals surface area contributed by atoms with E-state index in [-0.39, 0.29) is 36.7 Å². The third kappa shape index (κ3) is 4.10. The summed E-state index contributed by atoms with van der Waals surface area (Å²) >= 11 is 6.04. The molecule has 0 bridgehead atoms. The second-order valence-electron chi connectivity index (χ2n) is 8.32. The Morgan fingerprint density at radius 2 is 1.97 bits per heavy atom. The molecule has 2 saturated heterocycles. The first-order chi connectivity index (χ1) is 15.9. The molecule has 0 spiro atoms. The van der Waals surface area contributed by atoms with E-state index in [2.05, 4.69) is 16.2 Å². The average Bonchev–Trinajstić information content (AvgIpc) is 3.38. The van der Waals surface area contributed by atoms with Gasteiger partial charge in [0.1, 0.15) is 18.5 Å². The number of hydrogen-bond donors (Lipinski definition) is 3. The number of nitrogens with one attached hydrogen (secondary N) is 3. The summed E-state index contributed by atoms with van der Waals surface area (Å²) < 4.78 is 5.25. The van der Waals surface area contributed by atoms with Gasteiger partial charge in [0.05, 0.1) is 19.2 Å². The monoisotopic (exact) mass is 468 g/mol. The number of urea groups is 1. The molecule has 2 fully saturated rings. The van der Waals surface area contributed by atoms with Crippen LogP contribution in [-0.4, -0.2) is 52.7 Å². The van der Waals surface area contributed by atoms with E-state index in [1.165, 1.54) is 5.01 Å². The largest absolute Gasteiger partial charge is 0.497 e. The van der Waals surface area contributed by atoms with Gasteiger partial charge in [-0.05, 0) is 48.7 Å². The summed E-state index contributed by atoms with van der Waals surface area (Å²) in [7, 11) is 1.65. The summed E-state index contributed by atoms with van der Waals surface area (Å²) in [4.78, 5) is 27.2. The van der Waals surface area contributed by atoms with E-state index in [0.717, 1.165) is 23.3 Å². The number of halogens is 1. The van der Waals surface area contributed by atoms with Crippen molar-refractivity contribution < 1.29 is 14.3 Å². The van der Waals surface area contributed by atoms with E-state index in [0.29, 0.717) is 10.7 Å². The Morgan fingerprint density at radius 1 is 1.18 bits per heavy atom. The summed E-state index contributed by atoms with van der Waals surface area (Å²) in [6.45, 7) is 1.77. The Bertz CT molecular complexity index is 1110. The number of methoxy groups -OCH3 is 1. The third-order valence-electron chi connectivity index (χ3n) is 6.22. The molecule has 2 aromatic carbocycles. The highest BCUT2D eigenvalue weighted by Gasteiger charge is 2.48. The molecule has 5 rings (SSSR count). The number of carbonyl (C=O) groups is 2. The normalized spacial score (nSPS) is 23.5. The van der Waals surface area contributed by atoms with E-state index in [1.54, 1.807) is 30.3 Å². The van der Waals surface area contributed by atoms with Crippen LogP contribution in [0.3, 0.4) is 0 Å². The SMILES string of the molecule is COc1ccc(C2CC3C4NN(CC(=O)Nc5cc(Cl)ccc5C)C(=O)N4C=CN3N2)cc1. The molecule has 0 aliphatic carbocycles. The fourth-order valence-corrected chi connectivity index (χ4v) is 4.62. The van der Waals surface area contributed by atoms with Gasteiger partial charge < -0.3 is 15.1 Å². The van der Waals surface area contributed by atoms with E-state index >= 15 is 0 Å². The lowest BCUT2D eigenvalue weighted by Crippen LogP contribution is -2.54. The van der Waals surface area contributed by atoms with Crippen LogP contribution in [0.4, 0.5) is 10.5 Å². The molecule has 0 radical (unpaired) electrons. The molecule has 0 saturated carbocycles. The van der Waals surface area contributed by atoms with Gasteiger partial charge in [0.25, 0.3) is 0 Å². The minimum Gasteiger partial charge on any atom is -0.497 e. The van der Waals surface area contributed by atoms with Crippen LogP contribution >= 0.6 is 11.6 Å². The zero-order chi connectivity index (χ0) is 23.1. The highest BCUT2D eigenvalue weighted by atomic mass is 35.5. The fraction of sp³-hybridized carbons (Fsp3) is 0.304. The Kier molecular flexibility index (Phi) is 5.61. The first kappa shape index (κ1) is 21.6. The lowest BCUT2D eigenvalue weighted by molar-refractivity contribution is -0.117. The van der Waals surface area contributed by atoms with E-state index < -0.39 is 0 Å². The topological polar surface area (TPSA) is 89.2 Å². The number of amides is 3. The number of carbonyl (C=O) groups excluding carboxylic acids is 2. The molecule has 172 valence electrons. The van der Waals surface area contributed by atoms with Crippen LogP contribution in [0.5, 0.6) is 5.75 Å². The second kappa shape index (κ2) is 8.58. The quantitative estimate of drug-likeness (QED) is 0.625. The smallest absolute Gasteiger partial charge is 0.340 e. The van der Waals surface area contributed by atoms with Crippen LogP contribution in [-0.2, 0) is 4.79 Å². The number of benzene rings is 2. The van der Waals surface area contributed by atoms with Crippen molar-refractivity contribution in [2.75, 3.05) is 19.0 Å². The van der Waals surface area contributed by atoms with Gasteiger partial charge in [0.2, 0.25) is 5.91 Å². The van der Waals surface area contributed by atoms with Crippen molar-refractivity contribution in [1.82, 2.24) is 25.8 Å². The van der Waals surface area contributed by atoms with Crippen LogP contribution in [0.25, 0.3) is 0 Å². The van der Waals surface area contributed by atoms with Crippen LogP contribution in [0.15, 0.2) is 54.9 Å². The van der Waals surface area contributed by atoms with Crippen molar-refractivity contribution in [1.29, 1.82) is 0 Å². The maximum Gasteiger partial charge on any atom is 0.340 e. The molecule has 9 nitrogen and oxygen atoms in total. The number of ether oxygens (including phenoxy) is 1. The Hall–Kier alpha value is -3.27. The van der Waals surface area contributed by atoms with Gasteiger partial charge in [-0.1, -0.05) is 29.8 Å². The summed E-state index contributed by atoms with van der Waals surface area (Å²) in [5, 5.41) is 6.75. The van der Waals surface area contributed by atoms with Gasteiger partial charge in [-0.25, -0.2) is 20.7 Å². The van der Waals surface area contributed by atoms with Crippen molar-refractivity contribution in [2.45, 2.75) is 31.6 Å². The molecule has 3 heterocycles. The van der Waals surface area contributed by atoms with Gasteiger partial charge in [-0.3, -0.25) is 9.69 Å². The molecular formula is C23H25ClN6O3. The molecule has 3 amide bonds. The van der Waals surface area contributed by atoms with E-state index in [9.17, 15) is 9.59 Å². The van der Waals surface area contributed by atoms with Gasteiger partial charge in [-0.2, -0.15) is 0 Å². The van der Waals surface area contributed by atoms with Crippen molar-refractivity contribution >= 4 is 29.2 Å². The third-order valence-corrected chi connectivity index (χ3v) is 6.46. The Labute approximate surface area is 196 Å². The van der Waals surface area contributed by atoms with Gasteiger partial charge in [0, 0.05) is 23.1 Å². The lowest BCUT2D eigenvalue weighted by Gasteiger charge is -2.34. The fourth-order valence-electron chi connectivity index (χ4n) is 4.45. The molecule has 3 unspecified atom stereocenters. The predicted molar refractivity (Wildman–Crippen MR) is 124 cm³/mol. The molecule has 3 N–H and O–H groups in total. The minimum atomic E-state index is -0.303. The summed E-state index contributed by atoms with van der Waals surface area (Å²) in [6, 6.07) is 13.1. The Balaban J connectivity index is 1.25. The van der Waals surface area contributed by atoms with Gasteiger partial charge in [0.15, 0.2) is 0 Å². The summed E-state index contributed by atoms with van der Waals surface area (Å²) in [5.41, 5.74) is 9.37. The van der Waals surface area contributed by atoms with Crippen LogP contribution in [0.1, 0.15) is 23.6 Å². The first-order valence-corrected chi connectivity index (χ1v) is 11.1. The summed E-state index contributed by atoms with van der Waals surface area (Å²) in [6.07, 6.45) is 4.11. The molecule has 0 aromatic heterocycles. The number of fused-ring (bicyclic) bond motifs is 3. The Morgan fingerprint density at radius 3 is 2.73 bits per heavy atom. The molecule has 10 heteroatoms. The van der Waals surface area contributed by atoms with E-state index in [1.807, 2.05) is 48.5 Å². The van der Waals surface area contributed by atoms with Crippen LogP contribution in [0.2, 0.25) is 5.02 Å². The van der Waals surface area contributed by atoms with Crippen molar-refractivity contribution in [3.8, 4) is 5.75 Å². The lowest BCUT2D eigenvalue weighted by atomic mass is 10.00. The van der Waals surface area contributed by atoms with Crippen LogP contribution in [0, 0.1) is 6.92 Å². The number of rotatable bonds is 5. The zero-order valence-electron chi connectivity index (χ0n) is 18.3. The molecule has 33 heavy (non-hydrogen) atoms. The number of anilines is 1. The molecule has 3 aliphatic rings. The molecule has 2 aromatic rings. The van der Waals surface area contributed by atoms with Crippen molar-refractivity contribution in [3.05, 3.63) is 71.0 Å². The highest BCUT2D eigenvalue weighted by molar-refractivity contribution is 6.31. The average molecular weight is 469 g/mol. The number of aryl methyl sites for hydroxylation is 1. The standard InChI is InChI=1S/C23H25ClN6O3/c1-14-3-6-16(24)11-18(14)25-21(31)13-30-23(32)28-9-10-29-20(22(28)27-30)12-19(26-29)15-4-7-17(33-2)8-5-15/h3-11,19-20,22,26-27H,12-13H2,1-2H3,(H,25,31). The summed E-state index contributed by atoms with van der Waals surface area (Å²) in [5.74, 6) is 0.507. The molecular weight excluding hydrogens is 444 g/mol. The number of hydrogen-bond acceptors (Lipinski definition) is 6. The van der Waals surface area contributed by atoms with Crippen molar-refractivity contribution in [2.24, 2.45) is 0 Å². The maximum absolute atomic E-state index is 12.9. The second-order valence-corrected chi connectivity index (χ2v) is 8.76. The number of nitrogens with zero attached hydrogens (tertiary/aromatic N) is 3. The maximum atomic E-state index is 12.9.